The van der Waals surface area contributed by atoms with Crippen LogP contribution < -0.4 is 0 Å². The molecule has 0 fully saturated rings. The average Bonchev–Trinajstić information content (AvgIpc) is 3.43. The van der Waals surface area contributed by atoms with Gasteiger partial charge in [-0.1, -0.05) is 35.3 Å². The number of hydrogen-bond acceptors (Lipinski definition) is 4. The molecule has 2 nitrogen and oxygen atoms in total. The molecule has 0 bridgehead atoms. The summed E-state index contributed by atoms with van der Waals surface area (Å²) in [5, 5.41) is 18.9. The molecule has 2 aromatic carbocycles. The maximum atomic E-state index is 11.8. The summed E-state index contributed by atoms with van der Waals surface area (Å²) in [4.78, 5) is 11.8. The summed E-state index contributed by atoms with van der Waals surface area (Å²) in [6.07, 6.45) is -0.543. The lowest BCUT2D eigenvalue weighted by atomic mass is 10.1. The molecule has 0 saturated heterocycles. The normalized spacial score (nSPS) is 11.4. The third-order valence-corrected chi connectivity index (χ3v) is 5.82. The smallest absolute Gasteiger partial charge is 0.193 e. The molecule has 4 rings (SSSR count). The van der Waals surface area contributed by atoms with Crippen molar-refractivity contribution in [2.24, 2.45) is 0 Å². The average molecular weight is 447 g/mol. The standard InChI is InChI=1S/C11H9ClOS.C11H7ClOS/c2*12-10-3-1-8(2-4-10)11(13)9-5-6-14-7-9/h1-7,11,13H;1-7H. The van der Waals surface area contributed by atoms with Gasteiger partial charge in [-0.2, -0.15) is 22.7 Å². The van der Waals surface area contributed by atoms with E-state index < -0.39 is 6.10 Å². The molecule has 0 spiro atoms. The van der Waals surface area contributed by atoms with Crippen molar-refractivity contribution in [3.8, 4) is 0 Å². The summed E-state index contributed by atoms with van der Waals surface area (Å²) in [6.45, 7) is 0. The van der Waals surface area contributed by atoms with Crippen molar-refractivity contribution in [2.45, 2.75) is 6.10 Å². The molecule has 142 valence electrons. The third kappa shape index (κ3) is 5.53. The van der Waals surface area contributed by atoms with E-state index in [1.54, 1.807) is 47.7 Å². The van der Waals surface area contributed by atoms with E-state index in [0.717, 1.165) is 16.7 Å². The van der Waals surface area contributed by atoms with E-state index in [1.807, 2.05) is 45.8 Å². The SMILES string of the molecule is O=C(c1ccc(Cl)cc1)c1ccsc1.OC(c1ccc(Cl)cc1)c1ccsc1. The van der Waals surface area contributed by atoms with E-state index in [-0.39, 0.29) is 5.78 Å². The van der Waals surface area contributed by atoms with Gasteiger partial charge in [-0.15, -0.1) is 0 Å². The molecule has 1 unspecified atom stereocenters. The van der Waals surface area contributed by atoms with Gasteiger partial charge < -0.3 is 5.11 Å². The molecule has 1 N–H and O–H groups in total. The number of benzene rings is 2. The lowest BCUT2D eigenvalue weighted by Gasteiger charge is -2.08. The van der Waals surface area contributed by atoms with Crippen molar-refractivity contribution in [3.63, 3.8) is 0 Å². The third-order valence-electron chi connectivity index (χ3n) is 3.93. The fourth-order valence-corrected chi connectivity index (χ4v) is 4.00. The summed E-state index contributed by atoms with van der Waals surface area (Å²) in [5.74, 6) is 0.0444. The van der Waals surface area contributed by atoms with E-state index in [9.17, 15) is 9.90 Å². The molecule has 4 aromatic rings. The second-order valence-corrected chi connectivity index (χ2v) is 8.29. The number of hydrogen-bond donors (Lipinski definition) is 1. The van der Waals surface area contributed by atoms with Crippen molar-refractivity contribution in [3.05, 3.63) is 114 Å². The molecule has 0 aliphatic heterocycles. The largest absolute Gasteiger partial charge is 0.384 e. The van der Waals surface area contributed by atoms with Crippen LogP contribution in [0.2, 0.25) is 10.0 Å². The van der Waals surface area contributed by atoms with Crippen LogP contribution in [0.3, 0.4) is 0 Å². The number of thiophene rings is 2. The zero-order valence-electron chi connectivity index (χ0n) is 14.6. The Balaban J connectivity index is 0.000000161. The van der Waals surface area contributed by atoms with Crippen LogP contribution in [0.5, 0.6) is 0 Å². The van der Waals surface area contributed by atoms with Crippen LogP contribution in [0.25, 0.3) is 0 Å². The molecule has 0 amide bonds. The summed E-state index contributed by atoms with van der Waals surface area (Å²) in [5.41, 5.74) is 3.20. The van der Waals surface area contributed by atoms with E-state index in [4.69, 9.17) is 23.2 Å². The van der Waals surface area contributed by atoms with Crippen molar-refractivity contribution in [1.82, 2.24) is 0 Å². The molecular formula is C22H16Cl2O2S2. The van der Waals surface area contributed by atoms with Crippen molar-refractivity contribution < 1.29 is 9.90 Å². The van der Waals surface area contributed by atoms with Gasteiger partial charge in [0, 0.05) is 26.6 Å². The van der Waals surface area contributed by atoms with Gasteiger partial charge in [0.05, 0.1) is 0 Å². The van der Waals surface area contributed by atoms with Crippen LogP contribution in [0.1, 0.15) is 33.2 Å². The van der Waals surface area contributed by atoms with Gasteiger partial charge in [0.25, 0.3) is 0 Å². The second kappa shape index (κ2) is 10.0. The van der Waals surface area contributed by atoms with Gasteiger partial charge >= 0.3 is 0 Å². The van der Waals surface area contributed by atoms with Gasteiger partial charge in [-0.25, -0.2) is 0 Å². The highest BCUT2D eigenvalue weighted by Crippen LogP contribution is 2.24. The summed E-state index contributed by atoms with van der Waals surface area (Å²) in [7, 11) is 0. The first kappa shape index (κ1) is 20.8. The predicted molar refractivity (Wildman–Crippen MR) is 119 cm³/mol. The minimum atomic E-state index is -0.543. The highest BCUT2D eigenvalue weighted by atomic mass is 35.5. The Labute approximate surface area is 181 Å². The maximum absolute atomic E-state index is 11.8. The Morgan fingerprint density at radius 2 is 1.29 bits per heavy atom. The van der Waals surface area contributed by atoms with Crippen LogP contribution in [-0.2, 0) is 0 Å². The Hall–Kier alpha value is -1.95. The van der Waals surface area contributed by atoms with E-state index in [0.29, 0.717) is 15.6 Å². The molecule has 0 aliphatic rings. The monoisotopic (exact) mass is 446 g/mol. The predicted octanol–water partition coefficient (Wildman–Crippen LogP) is 7.12. The van der Waals surface area contributed by atoms with Crippen LogP contribution in [0.15, 0.2) is 82.2 Å². The number of carbonyl (C=O) groups excluding carboxylic acids is 1. The number of aliphatic hydroxyl groups excluding tert-OH is 1. The van der Waals surface area contributed by atoms with Gasteiger partial charge in [0.2, 0.25) is 0 Å². The molecule has 0 radical (unpaired) electrons. The highest BCUT2D eigenvalue weighted by molar-refractivity contribution is 7.08. The first-order chi connectivity index (χ1) is 13.5. The minimum Gasteiger partial charge on any atom is -0.384 e. The van der Waals surface area contributed by atoms with Gasteiger partial charge in [-0.3, -0.25) is 4.79 Å². The molecule has 0 saturated carbocycles. The van der Waals surface area contributed by atoms with Crippen LogP contribution in [-0.4, -0.2) is 10.9 Å². The van der Waals surface area contributed by atoms with E-state index in [2.05, 4.69) is 0 Å². The number of rotatable bonds is 4. The van der Waals surface area contributed by atoms with Crippen molar-refractivity contribution in [1.29, 1.82) is 0 Å². The number of carbonyl (C=O) groups is 1. The maximum Gasteiger partial charge on any atom is 0.193 e. The summed E-state index contributed by atoms with van der Waals surface area (Å²) < 4.78 is 0. The van der Waals surface area contributed by atoms with Gasteiger partial charge in [0.1, 0.15) is 6.10 Å². The fraction of sp³-hybridized carbons (Fsp3) is 0.0455. The molecule has 0 aliphatic carbocycles. The lowest BCUT2D eigenvalue weighted by molar-refractivity contribution is 0.103. The Bertz CT molecular complexity index is 994. The van der Waals surface area contributed by atoms with Crippen molar-refractivity contribution in [2.75, 3.05) is 0 Å². The van der Waals surface area contributed by atoms with E-state index >= 15 is 0 Å². The second-order valence-electron chi connectivity index (χ2n) is 5.86. The first-order valence-electron chi connectivity index (χ1n) is 8.32. The zero-order valence-corrected chi connectivity index (χ0v) is 17.7. The quantitative estimate of drug-likeness (QED) is 0.338. The minimum absolute atomic E-state index is 0.0444. The van der Waals surface area contributed by atoms with Crippen LogP contribution in [0, 0.1) is 0 Å². The topological polar surface area (TPSA) is 37.3 Å². The molecule has 2 heterocycles. The van der Waals surface area contributed by atoms with Gasteiger partial charge in [0.15, 0.2) is 5.78 Å². The van der Waals surface area contributed by atoms with Crippen LogP contribution >= 0.6 is 45.9 Å². The van der Waals surface area contributed by atoms with Crippen molar-refractivity contribution >= 4 is 51.7 Å². The lowest BCUT2D eigenvalue weighted by Crippen LogP contribution is -1.98. The molecule has 1 atom stereocenters. The number of aliphatic hydroxyl groups is 1. The van der Waals surface area contributed by atoms with E-state index in [1.165, 1.54) is 11.3 Å². The summed E-state index contributed by atoms with van der Waals surface area (Å²) in [6, 6.07) is 17.9. The number of halogens is 2. The number of ketones is 1. The zero-order chi connectivity index (χ0) is 19.9. The Kier molecular flexibility index (Phi) is 7.43. The molecule has 2 aromatic heterocycles. The summed E-state index contributed by atoms with van der Waals surface area (Å²) >= 11 is 14.6. The fourth-order valence-electron chi connectivity index (χ4n) is 2.43. The Morgan fingerprint density at radius 1 is 0.714 bits per heavy atom. The Morgan fingerprint density at radius 3 is 1.82 bits per heavy atom. The molecule has 6 heteroatoms. The first-order valence-corrected chi connectivity index (χ1v) is 11.0. The molecular weight excluding hydrogens is 431 g/mol. The highest BCUT2D eigenvalue weighted by Gasteiger charge is 2.10. The van der Waals surface area contributed by atoms with Crippen LogP contribution in [0.4, 0.5) is 0 Å². The molecule has 28 heavy (non-hydrogen) atoms. The van der Waals surface area contributed by atoms with Gasteiger partial charge in [-0.05, 0) is 75.8 Å².